The third-order valence-electron chi connectivity index (χ3n) is 2.12. The molecule has 4 nitrogen and oxygen atoms in total. The molecule has 17 heavy (non-hydrogen) atoms. The molecule has 1 aliphatic rings. The van der Waals surface area contributed by atoms with Crippen molar-refractivity contribution in [3.63, 3.8) is 0 Å². The molecule has 0 unspecified atom stereocenters. The fraction of sp³-hybridized carbons (Fsp3) is 0.500. The van der Waals surface area contributed by atoms with Crippen LogP contribution in [0.15, 0.2) is 22.6 Å². The largest absolute Gasteiger partial charge is 0.493 e. The summed E-state index contributed by atoms with van der Waals surface area (Å²) < 4.78 is 66.0. The molecule has 1 aromatic carbocycles. The summed E-state index contributed by atoms with van der Waals surface area (Å²) in [6.45, 7) is 1.19. The monoisotopic (exact) mass is 308 g/mol. The first kappa shape index (κ1) is 6.97. The molecule has 1 atom stereocenters. The van der Waals surface area contributed by atoms with Crippen LogP contribution in [0.5, 0.6) is 11.5 Å². The number of rotatable bonds is 4. The number of hydrogen-bond donors (Lipinski definition) is 0. The highest BCUT2D eigenvalue weighted by Gasteiger charge is 2.16. The van der Waals surface area contributed by atoms with Gasteiger partial charge >= 0.3 is 0 Å². The normalized spacial score (nSPS) is 25.8. The Morgan fingerprint density at radius 3 is 3.24 bits per heavy atom. The molecule has 0 saturated carbocycles. The highest BCUT2D eigenvalue weighted by molar-refractivity contribution is 9.10. The number of benzene rings is 1. The van der Waals surface area contributed by atoms with Crippen LogP contribution in [-0.2, 0) is 9.47 Å². The Morgan fingerprint density at radius 2 is 2.47 bits per heavy atom. The van der Waals surface area contributed by atoms with Crippen molar-refractivity contribution < 1.29 is 27.2 Å². The van der Waals surface area contributed by atoms with Crippen molar-refractivity contribution in [3.05, 3.63) is 22.6 Å². The number of hydrogen-bond acceptors (Lipinski definition) is 4. The molecule has 1 fully saturated rings. The van der Waals surface area contributed by atoms with Crippen LogP contribution in [0, 0.1) is 0 Å². The maximum atomic E-state index is 7.94. The summed E-state index contributed by atoms with van der Waals surface area (Å²) in [5.41, 5.74) is 0. The first-order valence-electron chi connectivity index (χ1n) is 8.01. The standard InChI is InChI=1S/C12H15BrO4/c1-14-12-6-9(13)2-3-11(12)17-8-10-7-15-4-5-16-10/h2-3,6,10H,4-5,7-8H2,1H3/t10-/m1/s1/i1D3,2D,3D,6D. The zero-order valence-corrected chi connectivity index (χ0v) is 10.5. The Hall–Kier alpha value is -0.780. The summed E-state index contributed by atoms with van der Waals surface area (Å²) in [4.78, 5) is 0. The molecule has 94 valence electrons. The first-order valence-corrected chi connectivity index (χ1v) is 5.80. The van der Waals surface area contributed by atoms with Gasteiger partial charge in [-0.2, -0.15) is 0 Å². The maximum Gasteiger partial charge on any atom is 0.161 e. The van der Waals surface area contributed by atoms with Gasteiger partial charge in [0, 0.05) is 4.47 Å². The minimum Gasteiger partial charge on any atom is -0.493 e. The van der Waals surface area contributed by atoms with Gasteiger partial charge < -0.3 is 18.9 Å². The number of halogens is 1. The van der Waals surface area contributed by atoms with E-state index in [1.165, 1.54) is 0 Å². The minimum absolute atomic E-state index is 0.0102. The zero-order chi connectivity index (χ0) is 17.2. The van der Waals surface area contributed by atoms with E-state index in [2.05, 4.69) is 15.9 Å². The van der Waals surface area contributed by atoms with Crippen LogP contribution in [0.25, 0.3) is 0 Å². The zero-order valence-electron chi connectivity index (χ0n) is 14.9. The van der Waals surface area contributed by atoms with Crippen LogP contribution in [-0.4, -0.2) is 39.6 Å². The van der Waals surface area contributed by atoms with Crippen LogP contribution in [0.1, 0.15) is 8.22 Å². The lowest BCUT2D eigenvalue weighted by Gasteiger charge is -2.23. The quantitative estimate of drug-likeness (QED) is 0.855. The Balaban J connectivity index is 2.31. The molecular weight excluding hydrogens is 288 g/mol. The van der Waals surface area contributed by atoms with Gasteiger partial charge in [0.1, 0.15) is 12.7 Å². The highest BCUT2D eigenvalue weighted by atomic mass is 79.9. The molecule has 2 rings (SSSR count). The van der Waals surface area contributed by atoms with Gasteiger partial charge in [-0.15, -0.1) is 0 Å². The van der Waals surface area contributed by atoms with E-state index in [0.29, 0.717) is 19.8 Å². The molecule has 1 aromatic rings. The molecule has 0 aromatic heterocycles. The molecule has 0 spiro atoms. The molecular formula is C12H15BrO4. The van der Waals surface area contributed by atoms with E-state index in [1.807, 2.05) is 0 Å². The summed E-state index contributed by atoms with van der Waals surface area (Å²) >= 11 is 2.99. The van der Waals surface area contributed by atoms with Crippen LogP contribution in [0.3, 0.4) is 0 Å². The molecule has 5 heteroatoms. The van der Waals surface area contributed by atoms with E-state index in [1.54, 1.807) is 0 Å². The summed E-state index contributed by atoms with van der Waals surface area (Å²) in [5, 5.41) is 0. The van der Waals surface area contributed by atoms with Crippen molar-refractivity contribution in [2.24, 2.45) is 0 Å². The van der Waals surface area contributed by atoms with Crippen molar-refractivity contribution in [1.82, 2.24) is 0 Å². The molecule has 1 aliphatic heterocycles. The van der Waals surface area contributed by atoms with Gasteiger partial charge in [-0.05, 0) is 18.1 Å². The third-order valence-corrected chi connectivity index (χ3v) is 2.51. The average molecular weight is 309 g/mol. The van der Waals surface area contributed by atoms with E-state index < -0.39 is 12.8 Å². The Bertz CT molecular complexity index is 574. The highest BCUT2D eigenvalue weighted by Crippen LogP contribution is 2.30. The molecule has 0 amide bonds. The summed E-state index contributed by atoms with van der Waals surface area (Å²) in [7, 11) is -2.81. The Kier molecular flexibility index (Phi) is 2.56. The van der Waals surface area contributed by atoms with Gasteiger partial charge in [0.15, 0.2) is 11.5 Å². The van der Waals surface area contributed by atoms with Gasteiger partial charge in [-0.1, -0.05) is 15.9 Å². The van der Waals surface area contributed by atoms with Crippen molar-refractivity contribution in [2.45, 2.75) is 6.10 Å². The number of ether oxygens (including phenoxy) is 4. The second-order valence-corrected chi connectivity index (χ2v) is 4.12. The van der Waals surface area contributed by atoms with E-state index in [9.17, 15) is 0 Å². The summed E-state index contributed by atoms with van der Waals surface area (Å²) in [5.74, 6) is -0.678. The second kappa shape index (κ2) is 6.23. The fourth-order valence-corrected chi connectivity index (χ4v) is 1.62. The fourth-order valence-electron chi connectivity index (χ4n) is 1.34. The smallest absolute Gasteiger partial charge is 0.161 e. The van der Waals surface area contributed by atoms with E-state index in [0.717, 1.165) is 0 Å². The molecule has 0 radical (unpaired) electrons. The van der Waals surface area contributed by atoms with Gasteiger partial charge in [0.2, 0.25) is 0 Å². The Labute approximate surface area is 117 Å². The molecule has 0 bridgehead atoms. The predicted molar refractivity (Wildman–Crippen MR) is 66.7 cm³/mol. The van der Waals surface area contributed by atoms with Gasteiger partial charge in [-0.3, -0.25) is 0 Å². The minimum atomic E-state index is -2.81. The lowest BCUT2D eigenvalue weighted by molar-refractivity contribution is -0.101. The number of methoxy groups -OCH3 is 1. The molecule has 1 saturated heterocycles. The van der Waals surface area contributed by atoms with Crippen molar-refractivity contribution in [1.29, 1.82) is 0 Å². The molecule has 0 aliphatic carbocycles. The maximum absolute atomic E-state index is 7.94. The lowest BCUT2D eigenvalue weighted by Crippen LogP contribution is -2.33. The summed E-state index contributed by atoms with van der Waals surface area (Å²) in [6.07, 6.45) is -0.379. The molecule has 0 N–H and O–H groups in total. The van der Waals surface area contributed by atoms with Crippen LogP contribution in [0.2, 0.25) is 0 Å². The van der Waals surface area contributed by atoms with Crippen LogP contribution in [0.4, 0.5) is 0 Å². The lowest BCUT2D eigenvalue weighted by atomic mass is 10.3. The Morgan fingerprint density at radius 1 is 1.53 bits per heavy atom. The second-order valence-electron chi connectivity index (χ2n) is 3.33. The van der Waals surface area contributed by atoms with Crippen molar-refractivity contribution in [3.8, 4) is 11.5 Å². The van der Waals surface area contributed by atoms with Gasteiger partial charge in [0.05, 0.1) is 35.1 Å². The van der Waals surface area contributed by atoms with Gasteiger partial charge in [0.25, 0.3) is 0 Å². The van der Waals surface area contributed by atoms with E-state index >= 15 is 0 Å². The average Bonchev–Trinajstić information content (AvgIpc) is 2.50. The van der Waals surface area contributed by atoms with Crippen LogP contribution >= 0.6 is 15.9 Å². The summed E-state index contributed by atoms with van der Waals surface area (Å²) in [6, 6.07) is -1.02. The predicted octanol–water partition coefficient (Wildman–Crippen LogP) is 2.25. The van der Waals surface area contributed by atoms with E-state index in [-0.39, 0.29) is 41.1 Å². The van der Waals surface area contributed by atoms with Crippen molar-refractivity contribution >= 4 is 15.9 Å². The first-order chi connectivity index (χ1) is 10.7. The topological polar surface area (TPSA) is 36.9 Å². The SMILES string of the molecule is [2H]c1c([2H])c(OC[C@H]2COCCO2)c(OC([2H])([2H])[2H])c([2H])c1Br. The van der Waals surface area contributed by atoms with Gasteiger partial charge in [-0.25, -0.2) is 0 Å². The third kappa shape index (κ3) is 3.59. The van der Waals surface area contributed by atoms with Crippen LogP contribution < -0.4 is 9.47 Å². The molecule has 1 heterocycles. The van der Waals surface area contributed by atoms with Crippen molar-refractivity contribution in [2.75, 3.05) is 33.5 Å². The van der Waals surface area contributed by atoms with E-state index in [4.69, 9.17) is 27.2 Å².